The van der Waals surface area contributed by atoms with Crippen molar-refractivity contribution in [3.8, 4) is 5.75 Å². The Hall–Kier alpha value is -1.35. The predicted molar refractivity (Wildman–Crippen MR) is 56.3 cm³/mol. The van der Waals surface area contributed by atoms with Crippen LogP contribution in [0, 0.1) is 0 Å². The lowest BCUT2D eigenvalue weighted by molar-refractivity contribution is 0.411. The molecule has 3 nitrogen and oxygen atoms in total. The van der Waals surface area contributed by atoms with Crippen LogP contribution in [0.25, 0.3) is 5.57 Å². The smallest absolute Gasteiger partial charge is 0.144 e. The van der Waals surface area contributed by atoms with Gasteiger partial charge in [0.05, 0.1) is 7.11 Å². The molecule has 74 valence electrons. The van der Waals surface area contributed by atoms with Crippen molar-refractivity contribution in [2.45, 2.75) is 6.42 Å². The molecule has 0 aromatic carbocycles. The maximum atomic E-state index is 5.27. The first kappa shape index (κ1) is 9.21. The maximum absolute atomic E-state index is 5.27. The highest BCUT2D eigenvalue weighted by Gasteiger charge is 2.11. The molecule has 2 rings (SSSR count). The van der Waals surface area contributed by atoms with Crippen molar-refractivity contribution in [3.05, 3.63) is 30.1 Å². The topological polar surface area (TPSA) is 34.1 Å². The molecule has 2 heterocycles. The Kier molecular flexibility index (Phi) is 2.79. The summed E-state index contributed by atoms with van der Waals surface area (Å²) in [6.45, 7) is 1.95. The zero-order chi connectivity index (χ0) is 9.80. The number of methoxy groups -OCH3 is 1. The first-order valence-corrected chi connectivity index (χ1v) is 4.81. The lowest BCUT2D eigenvalue weighted by Gasteiger charge is -2.15. The van der Waals surface area contributed by atoms with Crippen LogP contribution in [0.2, 0.25) is 0 Å². The number of ether oxygens (including phenoxy) is 1. The molecule has 1 aliphatic rings. The van der Waals surface area contributed by atoms with Crippen molar-refractivity contribution in [3.63, 3.8) is 0 Å². The predicted octanol–water partition coefficient (Wildman–Crippen LogP) is 1.47. The summed E-state index contributed by atoms with van der Waals surface area (Å²) in [6, 6.07) is 3.84. The van der Waals surface area contributed by atoms with Crippen LogP contribution < -0.4 is 10.1 Å². The van der Waals surface area contributed by atoms with Crippen LogP contribution in [0.15, 0.2) is 24.4 Å². The summed E-state index contributed by atoms with van der Waals surface area (Å²) in [5, 5.41) is 3.28. The van der Waals surface area contributed by atoms with Crippen molar-refractivity contribution in [2.24, 2.45) is 0 Å². The van der Waals surface area contributed by atoms with Crippen molar-refractivity contribution in [1.82, 2.24) is 10.3 Å². The second-order valence-electron chi connectivity index (χ2n) is 3.24. The largest absolute Gasteiger partial charge is 0.494 e. The first-order valence-electron chi connectivity index (χ1n) is 4.81. The Morgan fingerprint density at radius 1 is 1.50 bits per heavy atom. The number of hydrogen-bond donors (Lipinski definition) is 1. The highest BCUT2D eigenvalue weighted by Crippen LogP contribution is 2.26. The molecule has 1 aliphatic heterocycles. The van der Waals surface area contributed by atoms with E-state index < -0.39 is 0 Å². The molecule has 3 heteroatoms. The zero-order valence-corrected chi connectivity index (χ0v) is 8.29. The van der Waals surface area contributed by atoms with Gasteiger partial charge in [-0.3, -0.25) is 4.98 Å². The summed E-state index contributed by atoms with van der Waals surface area (Å²) >= 11 is 0. The lowest BCUT2D eigenvalue weighted by atomic mass is 10.0. The SMILES string of the molecule is COc1cccnc1C1=CCNCC1. The molecular weight excluding hydrogens is 176 g/mol. The summed E-state index contributed by atoms with van der Waals surface area (Å²) in [4.78, 5) is 4.35. The number of hydrogen-bond acceptors (Lipinski definition) is 3. The highest BCUT2D eigenvalue weighted by molar-refractivity contribution is 5.68. The first-order chi connectivity index (χ1) is 6.92. The summed E-state index contributed by atoms with van der Waals surface area (Å²) < 4.78 is 5.27. The van der Waals surface area contributed by atoms with E-state index >= 15 is 0 Å². The monoisotopic (exact) mass is 190 g/mol. The molecule has 0 amide bonds. The van der Waals surface area contributed by atoms with Gasteiger partial charge in [0, 0.05) is 12.7 Å². The van der Waals surface area contributed by atoms with Gasteiger partial charge >= 0.3 is 0 Å². The number of nitrogens with one attached hydrogen (secondary N) is 1. The average molecular weight is 190 g/mol. The number of rotatable bonds is 2. The number of pyridine rings is 1. The molecule has 0 spiro atoms. The van der Waals surface area contributed by atoms with Gasteiger partial charge in [0.1, 0.15) is 11.4 Å². The Balaban J connectivity index is 2.34. The van der Waals surface area contributed by atoms with E-state index in [1.54, 1.807) is 13.3 Å². The van der Waals surface area contributed by atoms with Crippen molar-refractivity contribution in [1.29, 1.82) is 0 Å². The van der Waals surface area contributed by atoms with Crippen LogP contribution in [0.5, 0.6) is 5.75 Å². The maximum Gasteiger partial charge on any atom is 0.144 e. The second-order valence-corrected chi connectivity index (χ2v) is 3.24. The van der Waals surface area contributed by atoms with Gasteiger partial charge < -0.3 is 10.1 Å². The minimum Gasteiger partial charge on any atom is -0.494 e. The van der Waals surface area contributed by atoms with Crippen molar-refractivity contribution >= 4 is 5.57 Å². The number of aromatic nitrogens is 1. The van der Waals surface area contributed by atoms with Gasteiger partial charge in [-0.15, -0.1) is 0 Å². The van der Waals surface area contributed by atoms with Crippen LogP contribution in [0.4, 0.5) is 0 Å². The van der Waals surface area contributed by atoms with E-state index in [4.69, 9.17) is 4.74 Å². The van der Waals surface area contributed by atoms with E-state index in [0.717, 1.165) is 31.0 Å². The van der Waals surface area contributed by atoms with Gasteiger partial charge in [-0.05, 0) is 30.7 Å². The molecule has 1 aromatic rings. The van der Waals surface area contributed by atoms with E-state index in [9.17, 15) is 0 Å². The normalized spacial score (nSPS) is 16.2. The third-order valence-electron chi connectivity index (χ3n) is 2.36. The Morgan fingerprint density at radius 2 is 2.43 bits per heavy atom. The fourth-order valence-electron chi connectivity index (χ4n) is 1.63. The van der Waals surface area contributed by atoms with Crippen molar-refractivity contribution < 1.29 is 4.74 Å². The van der Waals surface area contributed by atoms with Gasteiger partial charge in [0.15, 0.2) is 0 Å². The van der Waals surface area contributed by atoms with E-state index in [2.05, 4.69) is 16.4 Å². The standard InChI is InChI=1S/C11H14N2O/c1-14-10-3-2-6-13-11(10)9-4-7-12-8-5-9/h2-4,6,12H,5,7-8H2,1H3. The van der Waals surface area contributed by atoms with Crippen LogP contribution in [-0.2, 0) is 0 Å². The third-order valence-corrected chi connectivity index (χ3v) is 2.36. The van der Waals surface area contributed by atoms with E-state index in [0.29, 0.717) is 0 Å². The van der Waals surface area contributed by atoms with E-state index in [1.807, 2.05) is 12.1 Å². The molecule has 14 heavy (non-hydrogen) atoms. The fourth-order valence-corrected chi connectivity index (χ4v) is 1.63. The van der Waals surface area contributed by atoms with Gasteiger partial charge in [0.25, 0.3) is 0 Å². The molecule has 0 fully saturated rings. The summed E-state index contributed by atoms with van der Waals surface area (Å²) in [7, 11) is 1.68. The second kappa shape index (κ2) is 4.24. The van der Waals surface area contributed by atoms with Gasteiger partial charge in [-0.25, -0.2) is 0 Å². The van der Waals surface area contributed by atoms with E-state index in [-0.39, 0.29) is 0 Å². The van der Waals surface area contributed by atoms with Crippen LogP contribution in [-0.4, -0.2) is 25.2 Å². The average Bonchev–Trinajstić information content (AvgIpc) is 2.30. The molecule has 0 bridgehead atoms. The molecule has 1 N–H and O–H groups in total. The van der Waals surface area contributed by atoms with Crippen LogP contribution in [0.1, 0.15) is 12.1 Å². The quantitative estimate of drug-likeness (QED) is 0.766. The summed E-state index contributed by atoms with van der Waals surface area (Å²) in [5.74, 6) is 0.862. The minimum absolute atomic E-state index is 0.862. The molecule has 0 saturated heterocycles. The van der Waals surface area contributed by atoms with Gasteiger partial charge in [-0.1, -0.05) is 6.08 Å². The van der Waals surface area contributed by atoms with Gasteiger partial charge in [-0.2, -0.15) is 0 Å². The van der Waals surface area contributed by atoms with Crippen LogP contribution >= 0.6 is 0 Å². The Labute approximate surface area is 83.8 Å². The fraction of sp³-hybridized carbons (Fsp3) is 0.364. The number of nitrogens with zero attached hydrogens (tertiary/aromatic N) is 1. The third kappa shape index (κ3) is 1.77. The van der Waals surface area contributed by atoms with E-state index in [1.165, 1.54) is 5.57 Å². The molecule has 0 saturated carbocycles. The zero-order valence-electron chi connectivity index (χ0n) is 8.29. The summed E-state index contributed by atoms with van der Waals surface area (Å²) in [5.41, 5.74) is 2.26. The summed E-state index contributed by atoms with van der Waals surface area (Å²) in [6.07, 6.45) is 5.00. The molecule has 0 unspecified atom stereocenters. The lowest BCUT2D eigenvalue weighted by Crippen LogP contribution is -2.20. The minimum atomic E-state index is 0.862. The molecule has 0 radical (unpaired) electrons. The Morgan fingerprint density at radius 3 is 3.14 bits per heavy atom. The van der Waals surface area contributed by atoms with Gasteiger partial charge in [0.2, 0.25) is 0 Å². The van der Waals surface area contributed by atoms with Crippen LogP contribution in [0.3, 0.4) is 0 Å². The Bertz CT molecular complexity index is 347. The molecular formula is C11H14N2O. The highest BCUT2D eigenvalue weighted by atomic mass is 16.5. The molecule has 0 aliphatic carbocycles. The molecule has 0 atom stereocenters. The van der Waals surface area contributed by atoms with Crippen molar-refractivity contribution in [2.75, 3.05) is 20.2 Å². The molecule has 1 aromatic heterocycles.